The van der Waals surface area contributed by atoms with Crippen molar-refractivity contribution in [3.8, 4) is 0 Å². The maximum atomic E-state index is 11.7. The van der Waals surface area contributed by atoms with Crippen LogP contribution < -0.4 is 5.73 Å². The summed E-state index contributed by atoms with van der Waals surface area (Å²) in [6.07, 6.45) is -1.11. The molecule has 0 amide bonds. The maximum Gasteiger partial charge on any atom is 0.197 e. The van der Waals surface area contributed by atoms with Crippen molar-refractivity contribution in [2.45, 2.75) is 12.2 Å². The van der Waals surface area contributed by atoms with Gasteiger partial charge in [-0.3, -0.25) is 9.59 Å². The van der Waals surface area contributed by atoms with E-state index in [1.807, 2.05) is 0 Å². The van der Waals surface area contributed by atoms with Gasteiger partial charge in [0.25, 0.3) is 0 Å². The Morgan fingerprint density at radius 2 is 1.86 bits per heavy atom. The second-order valence-electron chi connectivity index (χ2n) is 3.48. The SMILES string of the molecule is Nc1cccc2c1C(=O)C1OC1C2=O. The molecule has 1 heterocycles. The Kier molecular flexibility index (Phi) is 1.22. The van der Waals surface area contributed by atoms with Crippen LogP contribution in [-0.4, -0.2) is 23.8 Å². The highest BCUT2D eigenvalue weighted by atomic mass is 16.6. The first-order valence-electron chi connectivity index (χ1n) is 4.32. The summed E-state index contributed by atoms with van der Waals surface area (Å²) in [4.78, 5) is 23.3. The molecule has 2 N–H and O–H groups in total. The van der Waals surface area contributed by atoms with Gasteiger partial charge in [-0.05, 0) is 6.07 Å². The molecular formula is C10H7NO3. The first kappa shape index (κ1) is 7.70. The largest absolute Gasteiger partial charge is 0.398 e. The van der Waals surface area contributed by atoms with E-state index in [4.69, 9.17) is 10.5 Å². The number of carbonyl (C=O) groups is 2. The second kappa shape index (κ2) is 2.22. The predicted molar refractivity (Wildman–Crippen MR) is 48.2 cm³/mol. The molecule has 4 nitrogen and oxygen atoms in total. The lowest BCUT2D eigenvalue weighted by Gasteiger charge is -2.11. The summed E-state index contributed by atoms with van der Waals surface area (Å²) in [5.41, 5.74) is 6.73. The topological polar surface area (TPSA) is 72.7 Å². The Morgan fingerprint density at radius 1 is 1.14 bits per heavy atom. The van der Waals surface area contributed by atoms with Crippen molar-refractivity contribution in [1.29, 1.82) is 0 Å². The van der Waals surface area contributed by atoms with Crippen molar-refractivity contribution in [3.05, 3.63) is 29.3 Å². The molecule has 1 aromatic rings. The molecule has 3 rings (SSSR count). The fraction of sp³-hybridized carbons (Fsp3) is 0.200. The van der Waals surface area contributed by atoms with Gasteiger partial charge < -0.3 is 10.5 Å². The highest BCUT2D eigenvalue weighted by Crippen LogP contribution is 2.37. The van der Waals surface area contributed by atoms with Crippen molar-refractivity contribution < 1.29 is 14.3 Å². The molecule has 0 aromatic heterocycles. The molecule has 2 unspecified atom stereocenters. The van der Waals surface area contributed by atoms with Gasteiger partial charge in [-0.2, -0.15) is 0 Å². The van der Waals surface area contributed by atoms with Gasteiger partial charge in [-0.15, -0.1) is 0 Å². The van der Waals surface area contributed by atoms with Crippen molar-refractivity contribution in [2.75, 3.05) is 5.73 Å². The highest BCUT2D eigenvalue weighted by Gasteiger charge is 2.55. The van der Waals surface area contributed by atoms with Crippen LogP contribution in [0.4, 0.5) is 5.69 Å². The van der Waals surface area contributed by atoms with Gasteiger partial charge in [-0.1, -0.05) is 12.1 Å². The van der Waals surface area contributed by atoms with Gasteiger partial charge in [0.05, 0.1) is 5.56 Å². The number of Topliss-reactive ketones (excluding diaryl/α,β-unsaturated/α-hetero) is 2. The molecule has 1 aliphatic carbocycles. The predicted octanol–water partition coefficient (Wildman–Crippen LogP) is 0.415. The Hall–Kier alpha value is -1.68. The molecule has 1 aromatic carbocycles. The standard InChI is InChI=1S/C10H7NO3/c11-5-3-1-2-4-6(5)8(13)10-9(14-10)7(4)12/h1-3,9-10H,11H2. The molecule has 70 valence electrons. The lowest BCUT2D eigenvalue weighted by Crippen LogP contribution is -2.26. The molecule has 0 spiro atoms. The van der Waals surface area contributed by atoms with Crippen LogP contribution >= 0.6 is 0 Å². The Morgan fingerprint density at radius 3 is 2.64 bits per heavy atom. The van der Waals surface area contributed by atoms with E-state index in [1.54, 1.807) is 18.2 Å². The number of fused-ring (bicyclic) bond motifs is 2. The van der Waals surface area contributed by atoms with Crippen LogP contribution in [0.25, 0.3) is 0 Å². The lowest BCUT2D eigenvalue weighted by molar-refractivity contribution is 0.0922. The van der Waals surface area contributed by atoms with E-state index in [0.29, 0.717) is 16.8 Å². The lowest BCUT2D eigenvalue weighted by atomic mass is 9.88. The van der Waals surface area contributed by atoms with Gasteiger partial charge in [0.15, 0.2) is 23.8 Å². The molecule has 0 saturated carbocycles. The van der Waals surface area contributed by atoms with Crippen LogP contribution in [0, 0.1) is 0 Å². The average Bonchev–Trinajstić information content (AvgIpc) is 2.93. The highest BCUT2D eigenvalue weighted by molar-refractivity contribution is 6.22. The van der Waals surface area contributed by atoms with Crippen molar-refractivity contribution >= 4 is 17.3 Å². The molecular weight excluding hydrogens is 182 g/mol. The number of ether oxygens (including phenoxy) is 1. The monoisotopic (exact) mass is 189 g/mol. The summed E-state index contributed by atoms with van der Waals surface area (Å²) in [5.74, 6) is -0.292. The molecule has 1 fully saturated rings. The Labute approximate surface area is 79.7 Å². The average molecular weight is 189 g/mol. The molecule has 0 bridgehead atoms. The van der Waals surface area contributed by atoms with E-state index in [2.05, 4.69) is 0 Å². The molecule has 4 heteroatoms. The number of epoxide rings is 1. The summed E-state index contributed by atoms with van der Waals surface area (Å²) in [7, 11) is 0. The van der Waals surface area contributed by atoms with Crippen LogP contribution in [0.3, 0.4) is 0 Å². The van der Waals surface area contributed by atoms with E-state index in [9.17, 15) is 9.59 Å². The number of benzene rings is 1. The molecule has 0 radical (unpaired) electrons. The third-order valence-electron chi connectivity index (χ3n) is 2.62. The number of ketones is 2. The third-order valence-corrected chi connectivity index (χ3v) is 2.62. The minimum Gasteiger partial charge on any atom is -0.398 e. The summed E-state index contributed by atoms with van der Waals surface area (Å²) in [5, 5.41) is 0. The van der Waals surface area contributed by atoms with Crippen molar-refractivity contribution in [1.82, 2.24) is 0 Å². The zero-order chi connectivity index (χ0) is 9.87. The van der Waals surface area contributed by atoms with Crippen LogP contribution in [0.1, 0.15) is 20.7 Å². The van der Waals surface area contributed by atoms with Crippen LogP contribution in [0.15, 0.2) is 18.2 Å². The normalized spacial score (nSPS) is 28.3. The fourth-order valence-corrected chi connectivity index (χ4v) is 1.86. The summed E-state index contributed by atoms with van der Waals surface area (Å²) in [6.45, 7) is 0. The number of rotatable bonds is 0. The number of hydrogen-bond donors (Lipinski definition) is 1. The number of anilines is 1. The van der Waals surface area contributed by atoms with Crippen molar-refractivity contribution in [2.24, 2.45) is 0 Å². The summed E-state index contributed by atoms with van der Waals surface area (Å²) in [6, 6.07) is 4.90. The molecule has 14 heavy (non-hydrogen) atoms. The van der Waals surface area contributed by atoms with E-state index < -0.39 is 12.2 Å². The first-order valence-corrected chi connectivity index (χ1v) is 4.32. The van der Waals surface area contributed by atoms with E-state index >= 15 is 0 Å². The van der Waals surface area contributed by atoms with Crippen LogP contribution in [0.5, 0.6) is 0 Å². The maximum absolute atomic E-state index is 11.7. The van der Waals surface area contributed by atoms with Gasteiger partial charge in [0.1, 0.15) is 0 Å². The number of carbonyl (C=O) groups excluding carboxylic acids is 2. The Bertz CT molecular complexity index is 466. The third kappa shape index (κ3) is 0.761. The zero-order valence-electron chi connectivity index (χ0n) is 7.19. The van der Waals surface area contributed by atoms with Crippen molar-refractivity contribution in [3.63, 3.8) is 0 Å². The summed E-state index contributed by atoms with van der Waals surface area (Å²) >= 11 is 0. The molecule has 2 aliphatic rings. The quantitative estimate of drug-likeness (QED) is 0.474. The number of hydrogen-bond acceptors (Lipinski definition) is 4. The van der Waals surface area contributed by atoms with Gasteiger partial charge in [0.2, 0.25) is 0 Å². The van der Waals surface area contributed by atoms with Gasteiger partial charge in [0, 0.05) is 11.3 Å². The van der Waals surface area contributed by atoms with E-state index in [0.717, 1.165) is 0 Å². The second-order valence-corrected chi connectivity index (χ2v) is 3.48. The Balaban J connectivity index is 2.30. The smallest absolute Gasteiger partial charge is 0.197 e. The van der Waals surface area contributed by atoms with E-state index in [1.165, 1.54) is 0 Å². The summed E-state index contributed by atoms with van der Waals surface area (Å²) < 4.78 is 4.99. The van der Waals surface area contributed by atoms with Crippen LogP contribution in [-0.2, 0) is 4.74 Å². The molecule has 1 saturated heterocycles. The zero-order valence-corrected chi connectivity index (χ0v) is 7.19. The van der Waals surface area contributed by atoms with E-state index in [-0.39, 0.29) is 11.6 Å². The van der Waals surface area contributed by atoms with Gasteiger partial charge >= 0.3 is 0 Å². The number of nitrogens with two attached hydrogens (primary N) is 1. The molecule has 2 atom stereocenters. The minimum atomic E-state index is -0.570. The minimum absolute atomic E-state index is 0.128. The fourth-order valence-electron chi connectivity index (χ4n) is 1.86. The van der Waals surface area contributed by atoms with Gasteiger partial charge in [-0.25, -0.2) is 0 Å². The van der Waals surface area contributed by atoms with Crippen LogP contribution in [0.2, 0.25) is 0 Å². The first-order chi connectivity index (χ1) is 6.70. The number of nitrogen functional groups attached to an aromatic ring is 1. The molecule has 1 aliphatic heterocycles.